The average molecular weight is 266 g/mol. The number of hydrogen-bond acceptors (Lipinski definition) is 6. The van der Waals surface area contributed by atoms with E-state index in [2.05, 4.69) is 33.5 Å². The lowest BCUT2D eigenvalue weighted by Gasteiger charge is -2.22. The number of thiazole rings is 1. The molecule has 0 atom stereocenters. The SMILES string of the molecule is CC(C)(Nc1nc(C2CC2)ns1)c1nccs1. The van der Waals surface area contributed by atoms with E-state index >= 15 is 0 Å². The molecule has 0 aliphatic heterocycles. The normalized spacial score (nSPS) is 16.1. The number of rotatable bonds is 4. The fraction of sp³-hybridized carbons (Fsp3) is 0.545. The first-order chi connectivity index (χ1) is 8.15. The Bertz CT molecular complexity index is 499. The van der Waals surface area contributed by atoms with Gasteiger partial charge in [-0.1, -0.05) is 0 Å². The van der Waals surface area contributed by atoms with Gasteiger partial charge >= 0.3 is 0 Å². The number of aromatic nitrogens is 3. The number of nitrogens with zero attached hydrogens (tertiary/aromatic N) is 3. The lowest BCUT2D eigenvalue weighted by Crippen LogP contribution is -2.27. The molecule has 1 aliphatic rings. The van der Waals surface area contributed by atoms with Crippen LogP contribution >= 0.6 is 22.9 Å². The van der Waals surface area contributed by atoms with Crippen molar-refractivity contribution in [3.63, 3.8) is 0 Å². The Morgan fingerprint density at radius 2 is 2.24 bits per heavy atom. The highest BCUT2D eigenvalue weighted by Crippen LogP contribution is 2.39. The van der Waals surface area contributed by atoms with Crippen LogP contribution in [0.3, 0.4) is 0 Å². The molecule has 0 aromatic carbocycles. The van der Waals surface area contributed by atoms with Gasteiger partial charge in [-0.25, -0.2) is 9.97 Å². The standard InChI is InChI=1S/C11H14N4S2/c1-11(2,9-12-5-6-16-9)14-10-13-8(15-17-10)7-3-4-7/h5-7H,3-4H2,1-2H3,(H,13,14,15). The van der Waals surface area contributed by atoms with E-state index < -0.39 is 0 Å². The van der Waals surface area contributed by atoms with Crippen LogP contribution in [0.2, 0.25) is 0 Å². The summed E-state index contributed by atoms with van der Waals surface area (Å²) in [6, 6.07) is 0. The minimum absolute atomic E-state index is 0.186. The van der Waals surface area contributed by atoms with Crippen LogP contribution in [0.5, 0.6) is 0 Å². The van der Waals surface area contributed by atoms with Crippen LogP contribution in [0.15, 0.2) is 11.6 Å². The molecule has 1 aliphatic carbocycles. The third kappa shape index (κ3) is 2.32. The van der Waals surface area contributed by atoms with Gasteiger partial charge in [0.05, 0.1) is 5.54 Å². The Hall–Kier alpha value is -1.01. The summed E-state index contributed by atoms with van der Waals surface area (Å²) < 4.78 is 4.39. The molecule has 0 saturated heterocycles. The second kappa shape index (κ2) is 4.03. The summed E-state index contributed by atoms with van der Waals surface area (Å²) in [5.74, 6) is 1.62. The second-order valence-electron chi connectivity index (χ2n) is 4.82. The van der Waals surface area contributed by atoms with E-state index in [1.54, 1.807) is 11.3 Å². The van der Waals surface area contributed by atoms with Crippen LogP contribution in [0.4, 0.5) is 5.13 Å². The monoisotopic (exact) mass is 266 g/mol. The Balaban J connectivity index is 1.76. The molecule has 2 aromatic rings. The average Bonchev–Trinajstić information content (AvgIpc) is 2.81. The maximum Gasteiger partial charge on any atom is 0.203 e. The van der Waals surface area contributed by atoms with E-state index in [1.807, 2.05) is 11.6 Å². The fourth-order valence-corrected chi connectivity index (χ4v) is 3.17. The largest absolute Gasteiger partial charge is 0.349 e. The number of nitrogens with one attached hydrogen (secondary N) is 1. The molecule has 4 nitrogen and oxygen atoms in total. The first kappa shape index (κ1) is 11.1. The lowest BCUT2D eigenvalue weighted by molar-refractivity contribution is 0.603. The smallest absolute Gasteiger partial charge is 0.203 e. The van der Waals surface area contributed by atoms with Crippen molar-refractivity contribution in [2.75, 3.05) is 5.32 Å². The summed E-state index contributed by atoms with van der Waals surface area (Å²) in [6.45, 7) is 4.23. The summed E-state index contributed by atoms with van der Waals surface area (Å²) in [4.78, 5) is 8.89. The number of anilines is 1. The number of hydrogen-bond donors (Lipinski definition) is 1. The zero-order valence-corrected chi connectivity index (χ0v) is 11.4. The van der Waals surface area contributed by atoms with E-state index in [0.717, 1.165) is 16.0 Å². The highest BCUT2D eigenvalue weighted by atomic mass is 32.1. The topological polar surface area (TPSA) is 50.7 Å². The van der Waals surface area contributed by atoms with Crippen molar-refractivity contribution in [3.8, 4) is 0 Å². The van der Waals surface area contributed by atoms with Gasteiger partial charge in [-0.15, -0.1) is 11.3 Å². The maximum atomic E-state index is 4.54. The highest BCUT2D eigenvalue weighted by molar-refractivity contribution is 7.10. The Morgan fingerprint density at radius 3 is 2.88 bits per heavy atom. The van der Waals surface area contributed by atoms with E-state index in [0.29, 0.717) is 5.92 Å². The molecular weight excluding hydrogens is 252 g/mol. The highest BCUT2D eigenvalue weighted by Gasteiger charge is 2.29. The third-order valence-electron chi connectivity index (χ3n) is 2.77. The van der Waals surface area contributed by atoms with Crippen LogP contribution in [0.1, 0.15) is 43.4 Å². The summed E-state index contributed by atoms with van der Waals surface area (Å²) in [6.07, 6.45) is 4.32. The summed E-state index contributed by atoms with van der Waals surface area (Å²) in [7, 11) is 0. The summed E-state index contributed by atoms with van der Waals surface area (Å²) >= 11 is 3.10. The zero-order valence-electron chi connectivity index (χ0n) is 9.80. The predicted molar refractivity (Wildman–Crippen MR) is 70.6 cm³/mol. The first-order valence-corrected chi connectivity index (χ1v) is 7.32. The predicted octanol–water partition coefficient (Wildman–Crippen LogP) is 3.22. The second-order valence-corrected chi connectivity index (χ2v) is 6.47. The molecular formula is C11H14N4S2. The van der Waals surface area contributed by atoms with Crippen molar-refractivity contribution in [2.24, 2.45) is 0 Å². The molecule has 1 saturated carbocycles. The van der Waals surface area contributed by atoms with Gasteiger partial charge in [0.2, 0.25) is 5.13 Å². The molecule has 2 heterocycles. The zero-order chi connectivity index (χ0) is 11.9. The maximum absolute atomic E-state index is 4.54. The van der Waals surface area contributed by atoms with Crippen molar-refractivity contribution in [1.29, 1.82) is 0 Å². The molecule has 0 spiro atoms. The van der Waals surface area contributed by atoms with E-state index in [4.69, 9.17) is 0 Å². The molecule has 1 fully saturated rings. The van der Waals surface area contributed by atoms with Crippen molar-refractivity contribution in [1.82, 2.24) is 14.3 Å². The van der Waals surface area contributed by atoms with Crippen LogP contribution in [0.25, 0.3) is 0 Å². The van der Waals surface area contributed by atoms with Gasteiger partial charge in [0.1, 0.15) is 10.8 Å². The van der Waals surface area contributed by atoms with Gasteiger partial charge in [-0.2, -0.15) is 4.37 Å². The Morgan fingerprint density at radius 1 is 1.41 bits per heavy atom. The molecule has 0 unspecified atom stereocenters. The van der Waals surface area contributed by atoms with Crippen molar-refractivity contribution in [2.45, 2.75) is 38.1 Å². The first-order valence-electron chi connectivity index (χ1n) is 5.67. The minimum atomic E-state index is -0.186. The van der Waals surface area contributed by atoms with Gasteiger partial charge in [0, 0.05) is 29.0 Å². The van der Waals surface area contributed by atoms with Crippen LogP contribution in [-0.4, -0.2) is 14.3 Å². The fourth-order valence-electron chi connectivity index (χ4n) is 1.65. The quantitative estimate of drug-likeness (QED) is 0.923. The molecule has 0 radical (unpaired) electrons. The van der Waals surface area contributed by atoms with E-state index in [9.17, 15) is 0 Å². The van der Waals surface area contributed by atoms with Gasteiger partial charge in [-0.05, 0) is 26.7 Å². The Kier molecular flexibility index (Phi) is 2.63. The molecule has 0 amide bonds. The van der Waals surface area contributed by atoms with Gasteiger partial charge < -0.3 is 5.32 Å². The van der Waals surface area contributed by atoms with Crippen LogP contribution in [-0.2, 0) is 5.54 Å². The van der Waals surface area contributed by atoms with Crippen molar-refractivity contribution >= 4 is 28.0 Å². The van der Waals surface area contributed by atoms with Gasteiger partial charge in [0.25, 0.3) is 0 Å². The van der Waals surface area contributed by atoms with Gasteiger partial charge in [0.15, 0.2) is 0 Å². The molecule has 0 bridgehead atoms. The van der Waals surface area contributed by atoms with Crippen molar-refractivity contribution in [3.05, 3.63) is 22.4 Å². The van der Waals surface area contributed by atoms with Gasteiger partial charge in [-0.3, -0.25) is 0 Å². The molecule has 6 heteroatoms. The van der Waals surface area contributed by atoms with E-state index in [1.165, 1.54) is 24.4 Å². The molecule has 1 N–H and O–H groups in total. The molecule has 90 valence electrons. The summed E-state index contributed by atoms with van der Waals surface area (Å²) in [5.41, 5.74) is -0.186. The third-order valence-corrected chi connectivity index (χ3v) is 4.51. The molecule has 2 aromatic heterocycles. The lowest BCUT2D eigenvalue weighted by atomic mass is 10.1. The van der Waals surface area contributed by atoms with E-state index in [-0.39, 0.29) is 5.54 Å². The minimum Gasteiger partial charge on any atom is -0.349 e. The molecule has 3 rings (SSSR count). The Labute approximate surface area is 108 Å². The molecule has 17 heavy (non-hydrogen) atoms. The summed E-state index contributed by atoms with van der Waals surface area (Å²) in [5, 5.41) is 7.38. The van der Waals surface area contributed by atoms with Crippen LogP contribution in [0, 0.1) is 0 Å². The van der Waals surface area contributed by atoms with Crippen molar-refractivity contribution < 1.29 is 0 Å². The van der Waals surface area contributed by atoms with Crippen LogP contribution < -0.4 is 5.32 Å².